The zero-order valence-corrected chi connectivity index (χ0v) is 18.3. The number of hydrogen-bond donors (Lipinski definition) is 1. The largest absolute Gasteiger partial charge is 0.457 e. The van der Waals surface area contributed by atoms with Crippen LogP contribution in [0.4, 0.5) is 11.4 Å². The lowest BCUT2D eigenvalue weighted by Gasteiger charge is -2.17. The molecule has 0 bridgehead atoms. The molecule has 2 amide bonds. The summed E-state index contributed by atoms with van der Waals surface area (Å²) in [6, 6.07) is 29.1. The van der Waals surface area contributed by atoms with Crippen molar-refractivity contribution in [3.63, 3.8) is 0 Å². The fourth-order valence-electron chi connectivity index (χ4n) is 4.12. The third kappa shape index (κ3) is 4.44. The highest BCUT2D eigenvalue weighted by molar-refractivity contribution is 6.03. The first-order valence-corrected chi connectivity index (χ1v) is 11.0. The van der Waals surface area contributed by atoms with E-state index in [4.69, 9.17) is 4.74 Å². The minimum absolute atomic E-state index is 0.0298. The van der Waals surface area contributed by atoms with Crippen molar-refractivity contribution in [1.82, 2.24) is 0 Å². The number of carbonyl (C=O) groups is 2. The van der Waals surface area contributed by atoms with Gasteiger partial charge in [-0.15, -0.1) is 0 Å². The molecule has 0 spiro atoms. The van der Waals surface area contributed by atoms with Crippen LogP contribution < -0.4 is 15.0 Å². The zero-order chi connectivity index (χ0) is 22.8. The smallest absolute Gasteiger partial charge is 0.229 e. The maximum atomic E-state index is 12.8. The van der Waals surface area contributed by atoms with E-state index in [1.807, 2.05) is 85.8 Å². The Balaban J connectivity index is 1.23. The molecule has 1 N–H and O–H groups in total. The van der Waals surface area contributed by atoms with Gasteiger partial charge in [0.2, 0.25) is 11.8 Å². The Morgan fingerprint density at radius 2 is 1.64 bits per heavy atom. The number of anilines is 2. The van der Waals surface area contributed by atoms with Gasteiger partial charge in [0, 0.05) is 29.7 Å². The molecular formula is C28H24N2O3. The summed E-state index contributed by atoms with van der Waals surface area (Å²) in [5, 5.41) is 5.09. The third-order valence-corrected chi connectivity index (χ3v) is 5.94. The average Bonchev–Trinajstić information content (AvgIpc) is 3.23. The van der Waals surface area contributed by atoms with Gasteiger partial charge < -0.3 is 15.0 Å². The minimum atomic E-state index is -0.384. The Labute approximate surface area is 192 Å². The van der Waals surface area contributed by atoms with Crippen molar-refractivity contribution in [2.45, 2.75) is 13.3 Å². The second-order valence-corrected chi connectivity index (χ2v) is 8.33. The molecule has 4 aromatic rings. The van der Waals surface area contributed by atoms with Gasteiger partial charge in [0.1, 0.15) is 11.5 Å². The number of ether oxygens (including phenoxy) is 1. The second-order valence-electron chi connectivity index (χ2n) is 8.33. The van der Waals surface area contributed by atoms with E-state index in [2.05, 4.69) is 17.4 Å². The molecule has 1 fully saturated rings. The van der Waals surface area contributed by atoms with E-state index in [1.54, 1.807) is 4.90 Å². The van der Waals surface area contributed by atoms with Gasteiger partial charge >= 0.3 is 0 Å². The van der Waals surface area contributed by atoms with E-state index in [9.17, 15) is 9.59 Å². The number of amides is 2. The number of aryl methyl sites for hydroxylation is 1. The number of nitrogens with one attached hydrogen (secondary N) is 1. The van der Waals surface area contributed by atoms with Gasteiger partial charge in [0.15, 0.2) is 0 Å². The van der Waals surface area contributed by atoms with Crippen LogP contribution in [-0.4, -0.2) is 18.4 Å². The number of nitrogens with zero attached hydrogens (tertiary/aromatic N) is 1. The quantitative estimate of drug-likeness (QED) is 0.422. The van der Waals surface area contributed by atoms with Crippen molar-refractivity contribution in [2.24, 2.45) is 5.92 Å². The van der Waals surface area contributed by atoms with Crippen LogP contribution in [0.5, 0.6) is 11.5 Å². The van der Waals surface area contributed by atoms with Gasteiger partial charge in [0.25, 0.3) is 0 Å². The molecule has 1 aliphatic heterocycles. The van der Waals surface area contributed by atoms with Gasteiger partial charge in [0.05, 0.1) is 5.92 Å². The summed E-state index contributed by atoms with van der Waals surface area (Å²) in [5.41, 5.74) is 2.63. The highest BCUT2D eigenvalue weighted by Gasteiger charge is 2.35. The molecule has 33 heavy (non-hydrogen) atoms. The highest BCUT2D eigenvalue weighted by Crippen LogP contribution is 2.31. The molecule has 4 aromatic carbocycles. The van der Waals surface area contributed by atoms with E-state index < -0.39 is 0 Å². The normalized spacial score (nSPS) is 15.6. The molecule has 164 valence electrons. The molecule has 0 saturated carbocycles. The lowest BCUT2D eigenvalue weighted by molar-refractivity contribution is -0.122. The molecule has 5 heteroatoms. The van der Waals surface area contributed by atoms with Crippen molar-refractivity contribution in [1.29, 1.82) is 0 Å². The number of carbonyl (C=O) groups excluding carboxylic acids is 2. The first kappa shape index (κ1) is 20.8. The maximum Gasteiger partial charge on any atom is 0.229 e. The molecule has 0 unspecified atom stereocenters. The van der Waals surface area contributed by atoms with Crippen molar-refractivity contribution in [2.75, 3.05) is 16.8 Å². The Kier molecular flexibility index (Phi) is 5.53. The van der Waals surface area contributed by atoms with Crippen LogP contribution in [0, 0.1) is 12.8 Å². The zero-order valence-electron chi connectivity index (χ0n) is 18.3. The Morgan fingerprint density at radius 3 is 2.42 bits per heavy atom. The van der Waals surface area contributed by atoms with Gasteiger partial charge in [-0.25, -0.2) is 0 Å². The summed E-state index contributed by atoms with van der Waals surface area (Å²) in [7, 11) is 0. The fourth-order valence-corrected chi connectivity index (χ4v) is 4.12. The van der Waals surface area contributed by atoms with E-state index in [0.717, 1.165) is 27.8 Å². The molecule has 1 atom stereocenters. The van der Waals surface area contributed by atoms with Crippen LogP contribution in [0.3, 0.4) is 0 Å². The minimum Gasteiger partial charge on any atom is -0.457 e. The van der Waals surface area contributed by atoms with E-state index in [1.165, 1.54) is 0 Å². The predicted octanol–water partition coefficient (Wildman–Crippen LogP) is 5.93. The molecular weight excluding hydrogens is 412 g/mol. The van der Waals surface area contributed by atoms with Gasteiger partial charge in [-0.1, -0.05) is 54.1 Å². The summed E-state index contributed by atoms with van der Waals surface area (Å²) in [6.07, 6.45) is 0.210. The SMILES string of the molecule is Cc1ccc(N2C[C@H](C(=O)Nc3ccc(Oc4cccc5ccccc45)cc3)CC2=O)cc1. The van der Waals surface area contributed by atoms with E-state index >= 15 is 0 Å². The highest BCUT2D eigenvalue weighted by atomic mass is 16.5. The summed E-state index contributed by atoms with van der Waals surface area (Å²) in [6.45, 7) is 2.39. The Bertz CT molecular complexity index is 1310. The topological polar surface area (TPSA) is 58.6 Å². The number of hydrogen-bond acceptors (Lipinski definition) is 3. The van der Waals surface area contributed by atoms with E-state index in [-0.39, 0.29) is 24.2 Å². The molecule has 5 rings (SSSR count). The Morgan fingerprint density at radius 1 is 0.909 bits per heavy atom. The third-order valence-electron chi connectivity index (χ3n) is 5.94. The predicted molar refractivity (Wildman–Crippen MR) is 131 cm³/mol. The molecule has 0 aromatic heterocycles. The second kappa shape index (κ2) is 8.79. The molecule has 0 radical (unpaired) electrons. The molecule has 1 saturated heterocycles. The van der Waals surface area contributed by atoms with Crippen LogP contribution in [0.2, 0.25) is 0 Å². The first-order chi connectivity index (χ1) is 16.1. The van der Waals surface area contributed by atoms with Crippen LogP contribution in [0.1, 0.15) is 12.0 Å². The van der Waals surface area contributed by atoms with Crippen LogP contribution in [0.15, 0.2) is 91.0 Å². The first-order valence-electron chi connectivity index (χ1n) is 11.0. The summed E-state index contributed by atoms with van der Waals surface area (Å²) >= 11 is 0. The number of rotatable bonds is 5. The van der Waals surface area contributed by atoms with Crippen LogP contribution >= 0.6 is 0 Å². The Hall–Kier alpha value is -4.12. The maximum absolute atomic E-state index is 12.8. The monoisotopic (exact) mass is 436 g/mol. The van der Waals surface area contributed by atoms with Crippen LogP contribution in [0.25, 0.3) is 10.8 Å². The standard InChI is InChI=1S/C28H24N2O3/c1-19-9-13-23(14-10-19)30-18-21(17-27(30)31)28(32)29-22-11-15-24(16-12-22)33-26-8-4-6-20-5-2-3-7-25(20)26/h2-16,21H,17-18H2,1H3,(H,29,32)/t21-/m1/s1. The molecule has 5 nitrogen and oxygen atoms in total. The van der Waals surface area contributed by atoms with Crippen LogP contribution in [-0.2, 0) is 9.59 Å². The lowest BCUT2D eigenvalue weighted by atomic mass is 10.1. The number of fused-ring (bicyclic) bond motifs is 1. The van der Waals surface area contributed by atoms with Crippen molar-refractivity contribution in [3.8, 4) is 11.5 Å². The van der Waals surface area contributed by atoms with Gasteiger partial charge in [-0.05, 0) is 54.8 Å². The summed E-state index contributed by atoms with van der Waals surface area (Å²) in [4.78, 5) is 26.9. The average molecular weight is 437 g/mol. The van der Waals surface area contributed by atoms with E-state index in [0.29, 0.717) is 18.0 Å². The molecule has 1 aliphatic rings. The summed E-state index contributed by atoms with van der Waals surface area (Å²) in [5.74, 6) is 0.903. The van der Waals surface area contributed by atoms with Gasteiger partial charge in [-0.2, -0.15) is 0 Å². The van der Waals surface area contributed by atoms with Crippen molar-refractivity contribution >= 4 is 34.0 Å². The molecule has 1 heterocycles. The lowest BCUT2D eigenvalue weighted by Crippen LogP contribution is -2.28. The fraction of sp³-hybridized carbons (Fsp3) is 0.143. The van der Waals surface area contributed by atoms with Crippen molar-refractivity contribution < 1.29 is 14.3 Å². The number of benzene rings is 4. The molecule has 0 aliphatic carbocycles. The van der Waals surface area contributed by atoms with Crippen molar-refractivity contribution in [3.05, 3.63) is 96.6 Å². The summed E-state index contributed by atoms with van der Waals surface area (Å²) < 4.78 is 6.07. The van der Waals surface area contributed by atoms with Gasteiger partial charge in [-0.3, -0.25) is 9.59 Å².